The Balaban J connectivity index is 2.36. The van der Waals surface area contributed by atoms with E-state index in [2.05, 4.69) is 10.6 Å². The molecule has 21 heavy (non-hydrogen) atoms. The fraction of sp³-hybridized carbons (Fsp3) is 0.400. The van der Waals surface area contributed by atoms with E-state index in [0.29, 0.717) is 18.5 Å². The van der Waals surface area contributed by atoms with E-state index in [4.69, 9.17) is 5.11 Å². The van der Waals surface area contributed by atoms with Crippen molar-refractivity contribution < 1.29 is 19.5 Å². The maximum absolute atomic E-state index is 11.7. The molecule has 1 aromatic carbocycles. The molecule has 0 fully saturated rings. The van der Waals surface area contributed by atoms with E-state index in [1.54, 1.807) is 6.07 Å². The number of imide groups is 1. The van der Waals surface area contributed by atoms with Crippen molar-refractivity contribution in [1.29, 1.82) is 0 Å². The molecule has 0 spiro atoms. The van der Waals surface area contributed by atoms with E-state index in [9.17, 15) is 14.4 Å². The van der Waals surface area contributed by atoms with Crippen LogP contribution < -0.4 is 10.6 Å². The quantitative estimate of drug-likeness (QED) is 0.702. The Morgan fingerprint density at radius 1 is 1.10 bits per heavy atom. The normalized spacial score (nSPS) is 10.0. The first-order valence-electron chi connectivity index (χ1n) is 6.78. The molecule has 6 heteroatoms. The number of carboxylic acids is 1. The van der Waals surface area contributed by atoms with Crippen LogP contribution in [0, 0.1) is 13.8 Å². The molecule has 0 aliphatic carbocycles. The zero-order valence-electron chi connectivity index (χ0n) is 12.2. The van der Waals surface area contributed by atoms with Gasteiger partial charge >= 0.3 is 12.0 Å². The van der Waals surface area contributed by atoms with E-state index < -0.39 is 17.9 Å². The highest BCUT2D eigenvalue weighted by Gasteiger charge is 2.09. The highest BCUT2D eigenvalue weighted by molar-refractivity contribution is 6.01. The number of rotatable bonds is 6. The number of nitrogens with one attached hydrogen (secondary N) is 2. The average Bonchev–Trinajstić information content (AvgIpc) is 2.38. The Labute approximate surface area is 123 Å². The first kappa shape index (κ1) is 16.7. The number of carbonyl (C=O) groups is 3. The molecule has 3 N–H and O–H groups in total. The highest BCUT2D eigenvalue weighted by atomic mass is 16.4. The molecule has 0 aliphatic heterocycles. The zero-order chi connectivity index (χ0) is 15.8. The maximum atomic E-state index is 11.7. The van der Waals surface area contributed by atoms with Crippen LogP contribution in [-0.4, -0.2) is 23.0 Å². The van der Waals surface area contributed by atoms with Crippen LogP contribution in [0.2, 0.25) is 0 Å². The van der Waals surface area contributed by atoms with E-state index in [1.807, 2.05) is 26.0 Å². The van der Waals surface area contributed by atoms with Crippen molar-refractivity contribution in [2.24, 2.45) is 0 Å². The molecule has 0 saturated heterocycles. The van der Waals surface area contributed by atoms with Crippen LogP contribution in [0.15, 0.2) is 18.2 Å². The first-order chi connectivity index (χ1) is 9.88. The molecule has 1 aromatic rings. The van der Waals surface area contributed by atoms with Crippen LogP contribution in [0.3, 0.4) is 0 Å². The standard InChI is InChI=1S/C15H20N2O4/c1-10-7-8-12(11(2)9-10)16-15(21)17-13(18)5-3-4-6-14(19)20/h7-9H,3-6H2,1-2H3,(H,19,20)(H2,16,17,18,21). The van der Waals surface area contributed by atoms with Gasteiger partial charge in [-0.15, -0.1) is 0 Å². The molecule has 0 radical (unpaired) electrons. The van der Waals surface area contributed by atoms with E-state index in [0.717, 1.165) is 11.1 Å². The van der Waals surface area contributed by atoms with Crippen LogP contribution in [-0.2, 0) is 9.59 Å². The minimum absolute atomic E-state index is 0.0298. The number of anilines is 1. The Hall–Kier alpha value is -2.37. The van der Waals surface area contributed by atoms with Gasteiger partial charge in [-0.2, -0.15) is 0 Å². The average molecular weight is 292 g/mol. The largest absolute Gasteiger partial charge is 0.481 e. The summed E-state index contributed by atoms with van der Waals surface area (Å²) in [5.74, 6) is -1.30. The lowest BCUT2D eigenvalue weighted by atomic mass is 10.1. The molecule has 0 unspecified atom stereocenters. The van der Waals surface area contributed by atoms with Crippen LogP contribution >= 0.6 is 0 Å². The van der Waals surface area contributed by atoms with E-state index >= 15 is 0 Å². The molecule has 1 rings (SSSR count). The number of aryl methyl sites for hydroxylation is 2. The smallest absolute Gasteiger partial charge is 0.325 e. The molecule has 0 bridgehead atoms. The van der Waals surface area contributed by atoms with Gasteiger partial charge in [-0.05, 0) is 38.3 Å². The van der Waals surface area contributed by atoms with Gasteiger partial charge in [-0.1, -0.05) is 17.7 Å². The lowest BCUT2D eigenvalue weighted by Crippen LogP contribution is -2.34. The number of aliphatic carboxylic acids is 1. The summed E-state index contributed by atoms with van der Waals surface area (Å²) in [5, 5.41) is 13.3. The van der Waals surface area contributed by atoms with Gasteiger partial charge in [-0.3, -0.25) is 14.9 Å². The summed E-state index contributed by atoms with van der Waals surface area (Å²) in [7, 11) is 0. The number of carbonyl (C=O) groups excluding carboxylic acids is 2. The number of urea groups is 1. The van der Waals surface area contributed by atoms with Crippen molar-refractivity contribution >= 4 is 23.6 Å². The third-order valence-corrected chi connectivity index (χ3v) is 2.93. The topological polar surface area (TPSA) is 95.5 Å². The molecular formula is C15H20N2O4. The van der Waals surface area contributed by atoms with Gasteiger partial charge in [0, 0.05) is 18.5 Å². The maximum Gasteiger partial charge on any atom is 0.325 e. The van der Waals surface area contributed by atoms with E-state index in [-0.39, 0.29) is 12.8 Å². The van der Waals surface area contributed by atoms with Crippen molar-refractivity contribution in [1.82, 2.24) is 5.32 Å². The molecule has 0 atom stereocenters. The Morgan fingerprint density at radius 2 is 1.76 bits per heavy atom. The second kappa shape index (κ2) is 8.04. The van der Waals surface area contributed by atoms with Crippen molar-refractivity contribution in [2.75, 3.05) is 5.32 Å². The van der Waals surface area contributed by atoms with Crippen LogP contribution in [0.1, 0.15) is 36.8 Å². The molecule has 0 aromatic heterocycles. The van der Waals surface area contributed by atoms with Crippen molar-refractivity contribution in [3.05, 3.63) is 29.3 Å². The molecule has 0 heterocycles. The third-order valence-electron chi connectivity index (χ3n) is 2.93. The van der Waals surface area contributed by atoms with Gasteiger partial charge in [0.2, 0.25) is 5.91 Å². The molecule has 6 nitrogen and oxygen atoms in total. The van der Waals surface area contributed by atoms with Crippen molar-refractivity contribution in [3.8, 4) is 0 Å². The molecule has 3 amide bonds. The summed E-state index contributed by atoms with van der Waals surface area (Å²) >= 11 is 0. The summed E-state index contributed by atoms with van der Waals surface area (Å²) < 4.78 is 0. The fourth-order valence-electron chi connectivity index (χ4n) is 1.86. The molecule has 114 valence electrons. The SMILES string of the molecule is Cc1ccc(NC(=O)NC(=O)CCCCC(=O)O)c(C)c1. The van der Waals surface area contributed by atoms with Crippen LogP contribution in [0.5, 0.6) is 0 Å². The predicted molar refractivity (Wildman–Crippen MR) is 79.2 cm³/mol. The summed E-state index contributed by atoms with van der Waals surface area (Å²) in [5.41, 5.74) is 2.66. The van der Waals surface area contributed by atoms with Crippen LogP contribution in [0.4, 0.5) is 10.5 Å². The van der Waals surface area contributed by atoms with Gasteiger partial charge in [0.15, 0.2) is 0 Å². The first-order valence-corrected chi connectivity index (χ1v) is 6.78. The molecular weight excluding hydrogens is 272 g/mol. The second-order valence-corrected chi connectivity index (χ2v) is 4.92. The lowest BCUT2D eigenvalue weighted by Gasteiger charge is -2.09. The minimum Gasteiger partial charge on any atom is -0.481 e. The number of benzene rings is 1. The van der Waals surface area contributed by atoms with Gasteiger partial charge < -0.3 is 10.4 Å². The summed E-state index contributed by atoms with van der Waals surface area (Å²) in [6.07, 6.45) is 1.02. The van der Waals surface area contributed by atoms with Gasteiger partial charge in [0.25, 0.3) is 0 Å². The fourth-order valence-corrected chi connectivity index (χ4v) is 1.86. The number of carboxylic acid groups (broad SMARTS) is 1. The lowest BCUT2D eigenvalue weighted by molar-refractivity contribution is -0.137. The monoisotopic (exact) mass is 292 g/mol. The van der Waals surface area contributed by atoms with Crippen LogP contribution in [0.25, 0.3) is 0 Å². The van der Waals surface area contributed by atoms with Gasteiger partial charge in [0.05, 0.1) is 0 Å². The van der Waals surface area contributed by atoms with Crippen molar-refractivity contribution in [2.45, 2.75) is 39.5 Å². The Bertz CT molecular complexity index is 540. The number of hydrogen-bond donors (Lipinski definition) is 3. The summed E-state index contributed by atoms with van der Waals surface area (Å²) in [6.45, 7) is 3.83. The molecule has 0 aliphatic rings. The highest BCUT2D eigenvalue weighted by Crippen LogP contribution is 2.15. The van der Waals surface area contributed by atoms with Gasteiger partial charge in [-0.25, -0.2) is 4.79 Å². The number of hydrogen-bond acceptors (Lipinski definition) is 3. The molecule has 0 saturated carbocycles. The zero-order valence-corrected chi connectivity index (χ0v) is 12.2. The number of amides is 3. The predicted octanol–water partition coefficient (Wildman–Crippen LogP) is 2.60. The Kier molecular flexibility index (Phi) is 6.39. The van der Waals surface area contributed by atoms with Crippen molar-refractivity contribution in [3.63, 3.8) is 0 Å². The summed E-state index contributed by atoms with van der Waals surface area (Å²) in [6, 6.07) is 5.01. The van der Waals surface area contributed by atoms with Gasteiger partial charge in [0.1, 0.15) is 0 Å². The van der Waals surface area contributed by atoms with E-state index in [1.165, 1.54) is 0 Å². The second-order valence-electron chi connectivity index (χ2n) is 4.92. The summed E-state index contributed by atoms with van der Waals surface area (Å²) in [4.78, 5) is 33.5. The third kappa shape index (κ3) is 6.56. The Morgan fingerprint density at radius 3 is 2.38 bits per heavy atom. The number of unbranched alkanes of at least 4 members (excludes halogenated alkanes) is 1. The minimum atomic E-state index is -0.886.